The summed E-state index contributed by atoms with van der Waals surface area (Å²) in [6, 6.07) is 11.6. The molecule has 3 aromatic rings. The molecular formula is C20H20N4O2S. The molecule has 27 heavy (non-hydrogen) atoms. The lowest BCUT2D eigenvalue weighted by atomic mass is 10.0. The molecule has 0 unspecified atom stereocenters. The van der Waals surface area contributed by atoms with E-state index in [2.05, 4.69) is 46.6 Å². The van der Waals surface area contributed by atoms with Gasteiger partial charge in [-0.05, 0) is 23.6 Å². The van der Waals surface area contributed by atoms with E-state index in [0.29, 0.717) is 17.3 Å². The highest BCUT2D eigenvalue weighted by Gasteiger charge is 2.13. The average molecular weight is 380 g/mol. The normalized spacial score (nSPS) is 10.6. The smallest absolute Gasteiger partial charge is 0.271 e. The van der Waals surface area contributed by atoms with Gasteiger partial charge in [-0.25, -0.2) is 4.98 Å². The minimum atomic E-state index is -0.377. The summed E-state index contributed by atoms with van der Waals surface area (Å²) in [4.78, 5) is 32.4. The number of hydrogen-bond acceptors (Lipinski definition) is 5. The standard InChI is InChI=1S/C20H20N4O2S/c1-13(2)14-5-7-15(8-6-14)20-24-17(12-27-20)19(26)22-11-18(25)23-16-4-3-9-21-10-16/h3-10,12-13H,11H2,1-2H3,(H,22,26)(H,23,25). The minimum absolute atomic E-state index is 0.135. The maximum Gasteiger partial charge on any atom is 0.271 e. The molecule has 0 bridgehead atoms. The molecule has 0 aliphatic rings. The Morgan fingerprint density at radius 1 is 1.15 bits per heavy atom. The molecule has 0 aliphatic heterocycles. The third kappa shape index (κ3) is 4.98. The van der Waals surface area contributed by atoms with Crippen LogP contribution in [0.15, 0.2) is 54.2 Å². The fourth-order valence-corrected chi connectivity index (χ4v) is 3.22. The molecule has 7 heteroatoms. The van der Waals surface area contributed by atoms with E-state index in [1.54, 1.807) is 23.7 Å². The van der Waals surface area contributed by atoms with Crippen molar-refractivity contribution in [3.05, 3.63) is 65.4 Å². The number of thiazole rings is 1. The molecule has 138 valence electrons. The number of hydrogen-bond donors (Lipinski definition) is 2. The van der Waals surface area contributed by atoms with E-state index in [1.165, 1.54) is 23.1 Å². The quantitative estimate of drug-likeness (QED) is 0.683. The van der Waals surface area contributed by atoms with Crippen molar-refractivity contribution in [1.82, 2.24) is 15.3 Å². The van der Waals surface area contributed by atoms with Crippen molar-refractivity contribution in [1.29, 1.82) is 0 Å². The highest BCUT2D eigenvalue weighted by molar-refractivity contribution is 7.13. The highest BCUT2D eigenvalue weighted by atomic mass is 32.1. The zero-order valence-electron chi connectivity index (χ0n) is 15.1. The molecular weight excluding hydrogens is 360 g/mol. The van der Waals surface area contributed by atoms with Gasteiger partial charge in [0, 0.05) is 17.1 Å². The number of aromatic nitrogens is 2. The second-order valence-corrected chi connectivity index (χ2v) is 7.15. The van der Waals surface area contributed by atoms with Gasteiger partial charge in [0.15, 0.2) is 0 Å². The Bertz CT molecular complexity index is 921. The number of nitrogens with one attached hydrogen (secondary N) is 2. The van der Waals surface area contributed by atoms with Crippen LogP contribution in [0, 0.1) is 0 Å². The van der Waals surface area contributed by atoms with E-state index in [9.17, 15) is 9.59 Å². The van der Waals surface area contributed by atoms with Crippen LogP contribution in [0.4, 0.5) is 5.69 Å². The molecule has 0 saturated heterocycles. The first kappa shape index (κ1) is 18.7. The van der Waals surface area contributed by atoms with Crippen molar-refractivity contribution < 1.29 is 9.59 Å². The molecule has 0 fully saturated rings. The van der Waals surface area contributed by atoms with Gasteiger partial charge < -0.3 is 10.6 Å². The summed E-state index contributed by atoms with van der Waals surface area (Å²) in [5.74, 6) is -0.233. The second kappa shape index (κ2) is 8.55. The SMILES string of the molecule is CC(C)c1ccc(-c2nc(C(=O)NCC(=O)Nc3cccnc3)cs2)cc1. The summed E-state index contributed by atoms with van der Waals surface area (Å²) in [7, 11) is 0. The summed E-state index contributed by atoms with van der Waals surface area (Å²) < 4.78 is 0. The number of amides is 2. The van der Waals surface area contributed by atoms with Gasteiger partial charge in [-0.3, -0.25) is 14.6 Å². The Balaban J connectivity index is 1.57. The van der Waals surface area contributed by atoms with Crippen LogP contribution in [-0.2, 0) is 4.79 Å². The lowest BCUT2D eigenvalue weighted by molar-refractivity contribution is -0.115. The number of benzene rings is 1. The van der Waals surface area contributed by atoms with Crippen LogP contribution < -0.4 is 10.6 Å². The zero-order valence-corrected chi connectivity index (χ0v) is 15.9. The monoisotopic (exact) mass is 380 g/mol. The van der Waals surface area contributed by atoms with Gasteiger partial charge in [0.2, 0.25) is 5.91 Å². The minimum Gasteiger partial charge on any atom is -0.342 e. The van der Waals surface area contributed by atoms with Crippen molar-refractivity contribution in [2.45, 2.75) is 19.8 Å². The van der Waals surface area contributed by atoms with Crippen molar-refractivity contribution in [3.8, 4) is 10.6 Å². The number of anilines is 1. The second-order valence-electron chi connectivity index (χ2n) is 6.29. The Hall–Kier alpha value is -3.06. The maximum atomic E-state index is 12.2. The molecule has 0 radical (unpaired) electrons. The predicted molar refractivity (Wildman–Crippen MR) is 107 cm³/mol. The van der Waals surface area contributed by atoms with Gasteiger partial charge >= 0.3 is 0 Å². The van der Waals surface area contributed by atoms with Gasteiger partial charge in [-0.1, -0.05) is 38.1 Å². The number of nitrogens with zero attached hydrogens (tertiary/aromatic N) is 2. The van der Waals surface area contributed by atoms with Gasteiger partial charge in [0.25, 0.3) is 5.91 Å². The summed E-state index contributed by atoms with van der Waals surface area (Å²) in [6.07, 6.45) is 3.16. The molecule has 1 aromatic carbocycles. The maximum absolute atomic E-state index is 12.2. The van der Waals surface area contributed by atoms with Crippen LogP contribution >= 0.6 is 11.3 Å². The highest BCUT2D eigenvalue weighted by Crippen LogP contribution is 2.25. The van der Waals surface area contributed by atoms with Crippen LogP contribution in [-0.4, -0.2) is 28.3 Å². The van der Waals surface area contributed by atoms with Gasteiger partial charge in [-0.2, -0.15) is 0 Å². The number of rotatable bonds is 6. The largest absolute Gasteiger partial charge is 0.342 e. The zero-order chi connectivity index (χ0) is 19.2. The molecule has 2 aromatic heterocycles. The van der Waals surface area contributed by atoms with Gasteiger partial charge in [-0.15, -0.1) is 11.3 Å². The van der Waals surface area contributed by atoms with Crippen molar-refractivity contribution in [2.75, 3.05) is 11.9 Å². The Labute approximate surface area is 161 Å². The van der Waals surface area contributed by atoms with Gasteiger partial charge in [0.05, 0.1) is 18.4 Å². The van der Waals surface area contributed by atoms with E-state index >= 15 is 0 Å². The summed E-state index contributed by atoms with van der Waals surface area (Å²) in [5.41, 5.74) is 3.11. The number of pyridine rings is 1. The molecule has 0 atom stereocenters. The van der Waals surface area contributed by atoms with E-state index in [-0.39, 0.29) is 18.4 Å². The van der Waals surface area contributed by atoms with E-state index in [1.807, 2.05) is 12.1 Å². The van der Waals surface area contributed by atoms with Crippen LogP contribution in [0.3, 0.4) is 0 Å². The molecule has 2 amide bonds. The Morgan fingerprint density at radius 3 is 2.59 bits per heavy atom. The topological polar surface area (TPSA) is 84.0 Å². The number of carbonyl (C=O) groups is 2. The summed E-state index contributed by atoms with van der Waals surface area (Å²) in [6.45, 7) is 4.15. The molecule has 2 heterocycles. The Kier molecular flexibility index (Phi) is 5.93. The molecule has 0 saturated carbocycles. The van der Waals surface area contributed by atoms with E-state index < -0.39 is 0 Å². The van der Waals surface area contributed by atoms with E-state index in [0.717, 1.165) is 10.6 Å². The van der Waals surface area contributed by atoms with Crippen molar-refractivity contribution in [3.63, 3.8) is 0 Å². The van der Waals surface area contributed by atoms with Crippen LogP contribution in [0.5, 0.6) is 0 Å². The molecule has 0 spiro atoms. The molecule has 2 N–H and O–H groups in total. The average Bonchev–Trinajstić information content (AvgIpc) is 3.17. The fraction of sp³-hybridized carbons (Fsp3) is 0.200. The third-order valence-corrected chi connectivity index (χ3v) is 4.81. The number of carbonyl (C=O) groups excluding carboxylic acids is 2. The van der Waals surface area contributed by atoms with Gasteiger partial charge in [0.1, 0.15) is 10.7 Å². The third-order valence-electron chi connectivity index (χ3n) is 3.92. The molecule has 3 rings (SSSR count). The molecule has 0 aliphatic carbocycles. The van der Waals surface area contributed by atoms with Crippen molar-refractivity contribution >= 4 is 28.8 Å². The van der Waals surface area contributed by atoms with Crippen LogP contribution in [0.1, 0.15) is 35.8 Å². The first-order chi connectivity index (χ1) is 13.0. The van der Waals surface area contributed by atoms with Crippen LogP contribution in [0.2, 0.25) is 0 Å². The van der Waals surface area contributed by atoms with Crippen LogP contribution in [0.25, 0.3) is 10.6 Å². The Morgan fingerprint density at radius 2 is 1.93 bits per heavy atom. The predicted octanol–water partition coefficient (Wildman–Crippen LogP) is 3.70. The summed E-state index contributed by atoms with van der Waals surface area (Å²) >= 11 is 1.40. The first-order valence-corrected chi connectivity index (χ1v) is 9.45. The summed E-state index contributed by atoms with van der Waals surface area (Å²) in [5, 5.41) is 7.71. The lowest BCUT2D eigenvalue weighted by Gasteiger charge is -2.06. The van der Waals surface area contributed by atoms with Crippen molar-refractivity contribution in [2.24, 2.45) is 0 Å². The fourth-order valence-electron chi connectivity index (χ4n) is 2.41. The first-order valence-electron chi connectivity index (χ1n) is 8.57. The molecule has 6 nitrogen and oxygen atoms in total. The lowest BCUT2D eigenvalue weighted by Crippen LogP contribution is -2.33. The van der Waals surface area contributed by atoms with E-state index in [4.69, 9.17) is 0 Å².